The van der Waals surface area contributed by atoms with Crippen LogP contribution >= 0.6 is 11.8 Å². The van der Waals surface area contributed by atoms with Crippen molar-refractivity contribution in [3.63, 3.8) is 0 Å². The predicted molar refractivity (Wildman–Crippen MR) is 91.5 cm³/mol. The van der Waals surface area contributed by atoms with Gasteiger partial charge in [-0.2, -0.15) is 0 Å². The molecule has 23 heavy (non-hydrogen) atoms. The highest BCUT2D eigenvalue weighted by Gasteiger charge is 2.09. The Morgan fingerprint density at radius 2 is 2.13 bits per heavy atom. The van der Waals surface area contributed by atoms with Gasteiger partial charge in [-0.3, -0.25) is 9.59 Å². The molecule has 0 saturated heterocycles. The van der Waals surface area contributed by atoms with Crippen LogP contribution in [0.25, 0.3) is 0 Å². The lowest BCUT2D eigenvalue weighted by Gasteiger charge is -2.10. The molecule has 0 radical (unpaired) electrons. The average Bonchev–Trinajstić information content (AvgIpc) is 2.53. The number of rotatable bonds is 8. The van der Waals surface area contributed by atoms with E-state index < -0.39 is 0 Å². The molecule has 2 aromatic rings. The number of ketones is 1. The molecule has 6 heteroatoms. The van der Waals surface area contributed by atoms with Gasteiger partial charge in [0.1, 0.15) is 5.75 Å². The van der Waals surface area contributed by atoms with Crippen LogP contribution in [-0.4, -0.2) is 28.1 Å². The molecule has 122 valence electrons. The summed E-state index contributed by atoms with van der Waals surface area (Å²) in [6.45, 7) is 4.15. The first-order valence-corrected chi connectivity index (χ1v) is 8.54. The maximum Gasteiger partial charge on any atom is 0.251 e. The van der Waals surface area contributed by atoms with E-state index in [2.05, 4.69) is 9.97 Å². The number of para-hydroxylation sites is 1. The van der Waals surface area contributed by atoms with Crippen molar-refractivity contribution in [2.75, 3.05) is 12.4 Å². The van der Waals surface area contributed by atoms with E-state index in [9.17, 15) is 9.59 Å². The van der Waals surface area contributed by atoms with Gasteiger partial charge in [-0.15, -0.1) is 0 Å². The van der Waals surface area contributed by atoms with Gasteiger partial charge in [0.2, 0.25) is 0 Å². The minimum absolute atomic E-state index is 0.0801. The molecule has 5 nitrogen and oxygen atoms in total. The number of carbonyl (C=O) groups excluding carboxylic acids is 1. The summed E-state index contributed by atoms with van der Waals surface area (Å²) in [7, 11) is 0. The van der Waals surface area contributed by atoms with Crippen molar-refractivity contribution in [1.29, 1.82) is 0 Å². The highest BCUT2D eigenvalue weighted by molar-refractivity contribution is 7.99. The molecular formula is C17H20N2O3S. The summed E-state index contributed by atoms with van der Waals surface area (Å²) in [4.78, 5) is 30.2. The topological polar surface area (TPSA) is 72.0 Å². The number of carbonyl (C=O) groups is 1. The van der Waals surface area contributed by atoms with Crippen LogP contribution in [0.4, 0.5) is 0 Å². The van der Waals surface area contributed by atoms with Gasteiger partial charge in [-0.05, 0) is 25.5 Å². The molecule has 0 unspecified atom stereocenters. The maximum atomic E-state index is 11.8. The van der Waals surface area contributed by atoms with Crippen molar-refractivity contribution in [3.8, 4) is 5.75 Å². The third kappa shape index (κ3) is 5.25. The van der Waals surface area contributed by atoms with Gasteiger partial charge in [-0.1, -0.05) is 30.8 Å². The number of nitrogens with zero attached hydrogens (tertiary/aromatic N) is 1. The minimum atomic E-state index is -0.136. The second-order valence-electron chi connectivity index (χ2n) is 5.02. The zero-order valence-corrected chi connectivity index (χ0v) is 14.1. The number of aromatic amines is 1. The molecule has 1 aromatic carbocycles. The number of Topliss-reactive ketones (excluding diaryl/α,β-unsaturated/α-hetero) is 1. The number of ether oxygens (including phenoxy) is 1. The lowest BCUT2D eigenvalue weighted by molar-refractivity contribution is 0.0984. The maximum absolute atomic E-state index is 11.8. The number of thioether (sulfide) groups is 1. The van der Waals surface area contributed by atoms with E-state index in [0.717, 1.165) is 12.2 Å². The van der Waals surface area contributed by atoms with Gasteiger partial charge >= 0.3 is 0 Å². The zero-order valence-electron chi connectivity index (χ0n) is 13.3. The molecule has 0 aliphatic carbocycles. The van der Waals surface area contributed by atoms with Gasteiger partial charge in [-0.25, -0.2) is 4.98 Å². The largest absolute Gasteiger partial charge is 0.493 e. The molecule has 1 aromatic heterocycles. The third-order valence-electron chi connectivity index (χ3n) is 3.14. The Hall–Kier alpha value is -2.08. The molecular weight excluding hydrogens is 312 g/mol. The summed E-state index contributed by atoms with van der Waals surface area (Å²) < 4.78 is 5.72. The van der Waals surface area contributed by atoms with E-state index >= 15 is 0 Å². The fraction of sp³-hybridized carbons (Fsp3) is 0.353. The Bertz CT molecular complexity index is 728. The smallest absolute Gasteiger partial charge is 0.251 e. The zero-order chi connectivity index (χ0) is 16.7. The molecule has 0 bridgehead atoms. The molecule has 0 aliphatic heterocycles. The van der Waals surface area contributed by atoms with E-state index in [1.807, 2.05) is 25.1 Å². The lowest BCUT2D eigenvalue weighted by atomic mass is 10.1. The van der Waals surface area contributed by atoms with Gasteiger partial charge in [0.25, 0.3) is 5.56 Å². The summed E-state index contributed by atoms with van der Waals surface area (Å²) in [6.07, 6.45) is 1.25. The van der Waals surface area contributed by atoms with Crippen molar-refractivity contribution in [1.82, 2.24) is 9.97 Å². The Balaban J connectivity index is 1.82. The van der Waals surface area contributed by atoms with E-state index in [1.54, 1.807) is 13.0 Å². The third-order valence-corrected chi connectivity index (χ3v) is 4.10. The van der Waals surface area contributed by atoms with Crippen LogP contribution in [0, 0.1) is 6.92 Å². The van der Waals surface area contributed by atoms with Gasteiger partial charge < -0.3 is 9.72 Å². The molecule has 0 fully saturated rings. The first-order chi connectivity index (χ1) is 11.1. The standard InChI is InChI=1S/C17H20N2O3S/c1-3-14(20)13-7-4-5-8-15(13)22-9-6-10-23-17-18-12(2)11-16(21)19-17/h4-5,7-8,11H,3,6,9-10H2,1-2H3,(H,18,19,21). The van der Waals surface area contributed by atoms with Crippen molar-refractivity contribution in [2.45, 2.75) is 31.8 Å². The fourth-order valence-electron chi connectivity index (χ4n) is 2.04. The lowest BCUT2D eigenvalue weighted by Crippen LogP contribution is -2.09. The summed E-state index contributed by atoms with van der Waals surface area (Å²) >= 11 is 1.49. The van der Waals surface area contributed by atoms with Crippen LogP contribution in [0.2, 0.25) is 0 Å². The van der Waals surface area contributed by atoms with Crippen molar-refractivity contribution >= 4 is 17.5 Å². The molecule has 1 N–H and O–H groups in total. The Kier molecular flexibility index (Phi) is 6.40. The monoisotopic (exact) mass is 332 g/mol. The summed E-state index contributed by atoms with van der Waals surface area (Å²) in [6, 6.07) is 8.77. The van der Waals surface area contributed by atoms with Gasteiger partial charge in [0.05, 0.1) is 12.2 Å². The van der Waals surface area contributed by atoms with Crippen molar-refractivity contribution < 1.29 is 9.53 Å². The predicted octanol–water partition coefficient (Wildman–Crippen LogP) is 3.23. The Morgan fingerprint density at radius 3 is 2.87 bits per heavy atom. The number of H-pyrrole nitrogens is 1. The number of aromatic nitrogens is 2. The molecule has 0 aliphatic rings. The van der Waals surface area contributed by atoms with E-state index in [-0.39, 0.29) is 11.3 Å². The number of hydrogen-bond donors (Lipinski definition) is 1. The van der Waals surface area contributed by atoms with Crippen LogP contribution in [0.1, 0.15) is 35.8 Å². The number of nitrogens with one attached hydrogen (secondary N) is 1. The summed E-state index contributed by atoms with van der Waals surface area (Å²) in [5.74, 6) is 1.49. The average molecular weight is 332 g/mol. The van der Waals surface area contributed by atoms with Gasteiger partial charge in [0.15, 0.2) is 10.9 Å². The fourth-order valence-corrected chi connectivity index (χ4v) is 2.88. The molecule has 0 saturated carbocycles. The van der Waals surface area contributed by atoms with Crippen LogP contribution < -0.4 is 10.3 Å². The van der Waals surface area contributed by atoms with Crippen LogP contribution in [0.3, 0.4) is 0 Å². The second-order valence-corrected chi connectivity index (χ2v) is 6.10. The first-order valence-electron chi connectivity index (χ1n) is 7.56. The summed E-state index contributed by atoms with van der Waals surface area (Å²) in [5.41, 5.74) is 1.20. The molecule has 0 amide bonds. The Morgan fingerprint density at radius 1 is 1.35 bits per heavy atom. The molecule has 2 rings (SSSR count). The Labute approximate surface area is 139 Å². The highest BCUT2D eigenvalue weighted by Crippen LogP contribution is 2.20. The number of hydrogen-bond acceptors (Lipinski definition) is 5. The van der Waals surface area contributed by atoms with E-state index in [4.69, 9.17) is 4.74 Å². The second kappa shape index (κ2) is 8.53. The normalized spacial score (nSPS) is 10.5. The quantitative estimate of drug-likeness (QED) is 0.348. The molecule has 0 atom stereocenters. The number of benzene rings is 1. The van der Waals surface area contributed by atoms with Crippen molar-refractivity contribution in [3.05, 3.63) is 51.9 Å². The van der Waals surface area contributed by atoms with Crippen LogP contribution in [-0.2, 0) is 0 Å². The van der Waals surface area contributed by atoms with Gasteiger partial charge in [0, 0.05) is 23.9 Å². The highest BCUT2D eigenvalue weighted by atomic mass is 32.2. The van der Waals surface area contributed by atoms with E-state index in [0.29, 0.717) is 35.2 Å². The first kappa shape index (κ1) is 17.3. The van der Waals surface area contributed by atoms with Crippen LogP contribution in [0.15, 0.2) is 40.3 Å². The SMILES string of the molecule is CCC(=O)c1ccccc1OCCCSc1nc(C)cc(=O)[nH]1. The molecule has 1 heterocycles. The van der Waals surface area contributed by atoms with E-state index in [1.165, 1.54) is 17.8 Å². The number of aryl methyl sites for hydroxylation is 1. The van der Waals surface area contributed by atoms with Crippen molar-refractivity contribution in [2.24, 2.45) is 0 Å². The van der Waals surface area contributed by atoms with Crippen LogP contribution in [0.5, 0.6) is 5.75 Å². The summed E-state index contributed by atoms with van der Waals surface area (Å²) in [5, 5.41) is 0.622. The minimum Gasteiger partial charge on any atom is -0.493 e. The molecule has 0 spiro atoms.